The molecular formula is C21H23N3O3. The van der Waals surface area contributed by atoms with Crippen molar-refractivity contribution < 1.29 is 14.3 Å². The van der Waals surface area contributed by atoms with Gasteiger partial charge in [-0.15, -0.1) is 0 Å². The number of hydrogen-bond acceptors (Lipinski definition) is 4. The summed E-state index contributed by atoms with van der Waals surface area (Å²) in [5.74, 6) is 1.49. The van der Waals surface area contributed by atoms with Crippen molar-refractivity contribution in [1.82, 2.24) is 15.1 Å². The van der Waals surface area contributed by atoms with E-state index in [4.69, 9.17) is 9.47 Å². The number of benzene rings is 2. The lowest BCUT2D eigenvalue weighted by Gasteiger charge is -2.18. The molecule has 27 heavy (non-hydrogen) atoms. The van der Waals surface area contributed by atoms with E-state index in [0.717, 1.165) is 22.6 Å². The molecule has 1 heterocycles. The number of likely N-dealkylation sites (N-methyl/N-ethyl adjacent to an activating group) is 1. The molecule has 0 spiro atoms. The van der Waals surface area contributed by atoms with Gasteiger partial charge in [-0.1, -0.05) is 18.2 Å². The summed E-state index contributed by atoms with van der Waals surface area (Å²) >= 11 is 0. The van der Waals surface area contributed by atoms with Crippen molar-refractivity contribution in [3.63, 3.8) is 0 Å². The Morgan fingerprint density at radius 1 is 1.15 bits per heavy atom. The lowest BCUT2D eigenvalue weighted by Crippen LogP contribution is -2.31. The molecule has 0 aliphatic carbocycles. The van der Waals surface area contributed by atoms with Crippen LogP contribution in [0.25, 0.3) is 11.3 Å². The van der Waals surface area contributed by atoms with E-state index in [-0.39, 0.29) is 5.91 Å². The molecule has 0 fully saturated rings. The normalized spacial score (nSPS) is 10.5. The molecule has 1 N–H and O–H groups in total. The maximum absolute atomic E-state index is 12.8. The smallest absolute Gasteiger partial charge is 0.257 e. The van der Waals surface area contributed by atoms with Gasteiger partial charge in [-0.05, 0) is 42.8 Å². The highest BCUT2D eigenvalue weighted by Crippen LogP contribution is 2.24. The van der Waals surface area contributed by atoms with Gasteiger partial charge in [0.2, 0.25) is 0 Å². The number of aryl methyl sites for hydroxylation is 1. The Morgan fingerprint density at radius 2 is 1.89 bits per heavy atom. The predicted octanol–water partition coefficient (Wildman–Crippen LogP) is 3.54. The Morgan fingerprint density at radius 3 is 2.59 bits per heavy atom. The molecule has 6 heteroatoms. The van der Waals surface area contributed by atoms with Crippen LogP contribution in [-0.2, 0) is 0 Å². The van der Waals surface area contributed by atoms with E-state index in [1.54, 1.807) is 25.3 Å². The first-order chi connectivity index (χ1) is 13.1. The molecule has 0 aliphatic heterocycles. The average molecular weight is 365 g/mol. The number of carbonyl (C=O) groups excluding carboxylic acids is 1. The lowest BCUT2D eigenvalue weighted by atomic mass is 10.1. The summed E-state index contributed by atoms with van der Waals surface area (Å²) in [6.45, 7) is 2.89. The van der Waals surface area contributed by atoms with Crippen LogP contribution < -0.4 is 9.47 Å². The molecule has 0 aliphatic rings. The molecule has 1 amide bonds. The van der Waals surface area contributed by atoms with E-state index < -0.39 is 0 Å². The fourth-order valence-electron chi connectivity index (χ4n) is 2.74. The van der Waals surface area contributed by atoms with E-state index in [0.29, 0.717) is 24.4 Å². The van der Waals surface area contributed by atoms with Crippen LogP contribution in [0.5, 0.6) is 11.5 Å². The minimum absolute atomic E-state index is 0.108. The third-order valence-electron chi connectivity index (χ3n) is 4.37. The molecule has 140 valence electrons. The molecule has 2 aromatic carbocycles. The van der Waals surface area contributed by atoms with Crippen LogP contribution in [0.4, 0.5) is 0 Å². The minimum atomic E-state index is -0.108. The number of H-pyrrole nitrogens is 1. The minimum Gasteiger partial charge on any atom is -0.497 e. The first-order valence-corrected chi connectivity index (χ1v) is 8.72. The fraction of sp³-hybridized carbons (Fsp3) is 0.238. The largest absolute Gasteiger partial charge is 0.497 e. The van der Waals surface area contributed by atoms with Gasteiger partial charge in [-0.2, -0.15) is 5.10 Å². The van der Waals surface area contributed by atoms with Gasteiger partial charge in [0, 0.05) is 12.6 Å². The third kappa shape index (κ3) is 4.28. The number of para-hydroxylation sites is 1. The summed E-state index contributed by atoms with van der Waals surface area (Å²) in [7, 11) is 3.38. The van der Waals surface area contributed by atoms with Gasteiger partial charge < -0.3 is 14.4 Å². The standard InChI is InChI=1S/C21H23N3O3/c1-15-6-4-5-7-19(15)27-13-12-24(2)21(25)18-14-22-23-20(18)16-8-10-17(26-3)11-9-16/h4-11,14H,12-13H2,1-3H3,(H,22,23). The van der Waals surface area contributed by atoms with E-state index >= 15 is 0 Å². The van der Waals surface area contributed by atoms with E-state index in [9.17, 15) is 4.79 Å². The van der Waals surface area contributed by atoms with Crippen LogP contribution >= 0.6 is 0 Å². The van der Waals surface area contributed by atoms with E-state index in [1.165, 1.54) is 0 Å². The van der Waals surface area contributed by atoms with Crippen molar-refractivity contribution in [3.8, 4) is 22.8 Å². The predicted molar refractivity (Wildman–Crippen MR) is 104 cm³/mol. The highest BCUT2D eigenvalue weighted by atomic mass is 16.5. The van der Waals surface area contributed by atoms with Crippen molar-refractivity contribution >= 4 is 5.91 Å². The Labute approximate surface area is 158 Å². The fourth-order valence-corrected chi connectivity index (χ4v) is 2.74. The highest BCUT2D eigenvalue weighted by Gasteiger charge is 2.19. The quantitative estimate of drug-likeness (QED) is 0.695. The number of aromatic amines is 1. The Bertz CT molecular complexity index is 903. The van der Waals surface area contributed by atoms with Gasteiger partial charge in [0.25, 0.3) is 5.91 Å². The van der Waals surface area contributed by atoms with Crippen molar-refractivity contribution in [1.29, 1.82) is 0 Å². The number of amides is 1. The van der Waals surface area contributed by atoms with Crippen LogP contribution in [0, 0.1) is 6.92 Å². The highest BCUT2D eigenvalue weighted by molar-refractivity contribution is 5.99. The first-order valence-electron chi connectivity index (χ1n) is 8.72. The molecule has 0 saturated carbocycles. The van der Waals surface area contributed by atoms with Gasteiger partial charge in [0.1, 0.15) is 18.1 Å². The van der Waals surface area contributed by atoms with Crippen LogP contribution in [0.3, 0.4) is 0 Å². The molecule has 0 atom stereocenters. The second kappa shape index (κ2) is 8.40. The molecule has 1 aromatic heterocycles. The van der Waals surface area contributed by atoms with Gasteiger partial charge in [-0.25, -0.2) is 0 Å². The Hall–Kier alpha value is -3.28. The molecule has 6 nitrogen and oxygen atoms in total. The SMILES string of the molecule is COc1ccc(-c2[nH]ncc2C(=O)N(C)CCOc2ccccc2C)cc1. The zero-order valence-corrected chi connectivity index (χ0v) is 15.7. The summed E-state index contributed by atoms with van der Waals surface area (Å²) in [5.41, 5.74) is 3.16. The number of aromatic nitrogens is 2. The summed E-state index contributed by atoms with van der Waals surface area (Å²) in [4.78, 5) is 14.5. The molecule has 0 saturated heterocycles. The molecular weight excluding hydrogens is 342 g/mol. The van der Waals surface area contributed by atoms with Crippen LogP contribution in [0.15, 0.2) is 54.7 Å². The zero-order valence-electron chi connectivity index (χ0n) is 15.7. The monoisotopic (exact) mass is 365 g/mol. The number of rotatable bonds is 7. The van der Waals surface area contributed by atoms with Crippen LogP contribution in [-0.4, -0.2) is 48.3 Å². The molecule has 0 unspecified atom stereocenters. The first kappa shape index (κ1) is 18.5. The van der Waals surface area contributed by atoms with Gasteiger partial charge in [0.05, 0.1) is 31.1 Å². The van der Waals surface area contributed by atoms with Crippen molar-refractivity contribution in [2.75, 3.05) is 27.3 Å². The number of nitrogens with one attached hydrogen (secondary N) is 1. The number of methoxy groups -OCH3 is 1. The van der Waals surface area contributed by atoms with Crippen molar-refractivity contribution in [2.45, 2.75) is 6.92 Å². The van der Waals surface area contributed by atoms with E-state index in [1.807, 2.05) is 55.5 Å². The van der Waals surface area contributed by atoms with Gasteiger partial charge in [-0.3, -0.25) is 9.89 Å². The summed E-state index contributed by atoms with van der Waals surface area (Å²) in [5, 5.41) is 6.96. The summed E-state index contributed by atoms with van der Waals surface area (Å²) in [6, 6.07) is 15.3. The van der Waals surface area contributed by atoms with Crippen molar-refractivity contribution in [3.05, 3.63) is 65.9 Å². The van der Waals surface area contributed by atoms with Crippen LogP contribution in [0.2, 0.25) is 0 Å². The second-order valence-electron chi connectivity index (χ2n) is 6.23. The molecule has 0 radical (unpaired) electrons. The molecule has 0 bridgehead atoms. The number of hydrogen-bond donors (Lipinski definition) is 1. The summed E-state index contributed by atoms with van der Waals surface area (Å²) < 4.78 is 11.0. The average Bonchev–Trinajstić information content (AvgIpc) is 3.18. The van der Waals surface area contributed by atoms with Gasteiger partial charge >= 0.3 is 0 Å². The third-order valence-corrected chi connectivity index (χ3v) is 4.37. The number of carbonyl (C=O) groups is 1. The Balaban J connectivity index is 1.65. The van der Waals surface area contributed by atoms with Gasteiger partial charge in [0.15, 0.2) is 0 Å². The number of ether oxygens (including phenoxy) is 2. The second-order valence-corrected chi connectivity index (χ2v) is 6.23. The maximum Gasteiger partial charge on any atom is 0.257 e. The summed E-state index contributed by atoms with van der Waals surface area (Å²) in [6.07, 6.45) is 1.56. The molecule has 3 rings (SSSR count). The zero-order chi connectivity index (χ0) is 19.2. The maximum atomic E-state index is 12.8. The van der Waals surface area contributed by atoms with Crippen molar-refractivity contribution in [2.24, 2.45) is 0 Å². The molecule has 3 aromatic rings. The number of nitrogens with zero attached hydrogens (tertiary/aromatic N) is 2. The Kier molecular flexibility index (Phi) is 5.76. The topological polar surface area (TPSA) is 67.5 Å². The van der Waals surface area contributed by atoms with Crippen LogP contribution in [0.1, 0.15) is 15.9 Å². The van der Waals surface area contributed by atoms with E-state index in [2.05, 4.69) is 10.2 Å². The lowest BCUT2D eigenvalue weighted by molar-refractivity contribution is 0.0774.